The molecule has 0 fully saturated rings. The maximum atomic E-state index is 11.8. The predicted octanol–water partition coefficient (Wildman–Crippen LogP) is 4.08. The van der Waals surface area contributed by atoms with Crippen molar-refractivity contribution in [2.75, 3.05) is 0 Å². The molecule has 1 aromatic carbocycles. The molecule has 0 aliphatic heterocycles. The van der Waals surface area contributed by atoms with Crippen LogP contribution in [-0.4, -0.2) is 15.7 Å². The number of hydrogen-bond donors (Lipinski definition) is 0. The van der Waals surface area contributed by atoms with Gasteiger partial charge >= 0.3 is 0 Å². The van der Waals surface area contributed by atoms with Crippen LogP contribution in [0.25, 0.3) is 5.69 Å². The number of carbonyl (C=O) groups excluding carboxylic acids is 1. The van der Waals surface area contributed by atoms with E-state index in [1.165, 1.54) is 19.3 Å². The van der Waals surface area contributed by atoms with Crippen molar-refractivity contribution in [3.8, 4) is 5.69 Å². The Morgan fingerprint density at radius 3 is 2.48 bits per heavy atom. The first-order chi connectivity index (χ1) is 10.8. The zero-order valence-corrected chi connectivity index (χ0v) is 14.3. The Balaban J connectivity index is 0.00000264. The molecule has 2 rings (SSSR count). The first kappa shape index (κ1) is 19.1. The van der Waals surface area contributed by atoms with Gasteiger partial charge in [-0.1, -0.05) is 50.8 Å². The molecule has 0 atom stereocenters. The molecule has 1 aromatic heterocycles. The van der Waals surface area contributed by atoms with E-state index in [1.807, 2.05) is 42.6 Å². The molecule has 23 heavy (non-hydrogen) atoms. The topological polar surface area (TPSA) is 47.2 Å². The van der Waals surface area contributed by atoms with Gasteiger partial charge in [0.25, 0.3) is 0 Å². The lowest BCUT2D eigenvalue weighted by molar-refractivity contribution is -0.118. The summed E-state index contributed by atoms with van der Waals surface area (Å²) in [4.78, 5) is 15.9. The predicted molar refractivity (Wildman–Crippen MR) is 94.8 cm³/mol. The van der Waals surface area contributed by atoms with Crippen LogP contribution in [0.4, 0.5) is 0 Å². The Bertz CT molecular complexity index is 632. The average Bonchev–Trinajstić information content (AvgIpc) is 2.56. The number of carbonyl (C=O) groups is 1. The molecule has 124 valence electrons. The second-order valence-corrected chi connectivity index (χ2v) is 5.34. The zero-order chi connectivity index (χ0) is 15.6. The molecule has 0 saturated heterocycles. The summed E-state index contributed by atoms with van der Waals surface area (Å²) in [7, 11) is 0. The van der Waals surface area contributed by atoms with Gasteiger partial charge in [-0.05, 0) is 24.6 Å². The van der Waals surface area contributed by atoms with Gasteiger partial charge < -0.3 is 0 Å². The number of nitrogens with zero attached hydrogens (tertiary/aromatic N) is 3. The Morgan fingerprint density at radius 2 is 1.83 bits per heavy atom. The maximum absolute atomic E-state index is 11.8. The molecule has 0 spiro atoms. The van der Waals surface area contributed by atoms with Crippen LogP contribution in [0.5, 0.6) is 0 Å². The summed E-state index contributed by atoms with van der Waals surface area (Å²) < 4.78 is 1.76. The van der Waals surface area contributed by atoms with Gasteiger partial charge in [0.1, 0.15) is 0 Å². The van der Waals surface area contributed by atoms with Gasteiger partial charge in [0, 0.05) is 12.6 Å². The van der Waals surface area contributed by atoms with E-state index in [1.54, 1.807) is 10.9 Å². The van der Waals surface area contributed by atoms with E-state index >= 15 is 0 Å². The van der Waals surface area contributed by atoms with E-state index in [4.69, 9.17) is 0 Å². The van der Waals surface area contributed by atoms with Crippen LogP contribution in [0.2, 0.25) is 0 Å². The number of halogens is 1. The summed E-state index contributed by atoms with van der Waals surface area (Å²) in [5, 5.41) is 4.91. The Morgan fingerprint density at radius 1 is 1.09 bits per heavy atom. The van der Waals surface area contributed by atoms with Crippen LogP contribution in [0.3, 0.4) is 0 Å². The molecule has 0 radical (unpaired) electrons. The highest BCUT2D eigenvalue weighted by Crippen LogP contribution is 2.05. The Kier molecular flexibility index (Phi) is 8.91. The lowest BCUT2D eigenvalue weighted by atomic mass is 10.1. The van der Waals surface area contributed by atoms with Crippen LogP contribution in [-0.2, 0) is 4.79 Å². The van der Waals surface area contributed by atoms with Crippen molar-refractivity contribution in [2.45, 2.75) is 45.4 Å². The SMILES string of the molecule is CCCCCCCC(=O)/N=c1\ccn(-c2ccccc2)nc1.Cl. The van der Waals surface area contributed by atoms with Crippen LogP contribution < -0.4 is 5.36 Å². The number of amides is 1. The zero-order valence-electron chi connectivity index (χ0n) is 13.5. The van der Waals surface area contributed by atoms with E-state index in [0.29, 0.717) is 11.8 Å². The van der Waals surface area contributed by atoms with Gasteiger partial charge in [-0.2, -0.15) is 5.10 Å². The molecule has 2 aromatic rings. The molecule has 0 saturated carbocycles. The van der Waals surface area contributed by atoms with Crippen molar-refractivity contribution in [3.05, 3.63) is 54.1 Å². The van der Waals surface area contributed by atoms with Crippen LogP contribution >= 0.6 is 12.4 Å². The van der Waals surface area contributed by atoms with E-state index in [9.17, 15) is 4.79 Å². The molecular weight excluding hydrogens is 310 g/mol. The monoisotopic (exact) mass is 333 g/mol. The summed E-state index contributed by atoms with van der Waals surface area (Å²) in [6, 6.07) is 11.7. The highest BCUT2D eigenvalue weighted by atomic mass is 35.5. The molecule has 1 heterocycles. The molecule has 1 amide bonds. The van der Waals surface area contributed by atoms with Gasteiger partial charge in [-0.3, -0.25) is 4.79 Å². The minimum atomic E-state index is -0.0595. The number of rotatable bonds is 7. The maximum Gasteiger partial charge on any atom is 0.246 e. The van der Waals surface area contributed by atoms with E-state index in [2.05, 4.69) is 17.0 Å². The smallest absolute Gasteiger partial charge is 0.246 e. The summed E-state index contributed by atoms with van der Waals surface area (Å²) >= 11 is 0. The number of hydrogen-bond acceptors (Lipinski definition) is 2. The normalized spacial score (nSPS) is 11.1. The third kappa shape index (κ3) is 6.78. The van der Waals surface area contributed by atoms with E-state index in [-0.39, 0.29) is 18.3 Å². The molecule has 0 unspecified atom stereocenters. The van der Waals surface area contributed by atoms with Crippen molar-refractivity contribution >= 4 is 18.3 Å². The molecular formula is C18H24ClN3O. The largest absolute Gasteiger partial charge is 0.273 e. The van der Waals surface area contributed by atoms with Crippen molar-refractivity contribution in [3.63, 3.8) is 0 Å². The number of para-hydroxylation sites is 1. The van der Waals surface area contributed by atoms with Crippen molar-refractivity contribution in [1.29, 1.82) is 0 Å². The molecule has 4 nitrogen and oxygen atoms in total. The highest BCUT2D eigenvalue weighted by molar-refractivity contribution is 5.85. The average molecular weight is 334 g/mol. The molecule has 5 heteroatoms. The van der Waals surface area contributed by atoms with Gasteiger partial charge in [0.05, 0.1) is 17.2 Å². The van der Waals surface area contributed by atoms with Crippen molar-refractivity contribution < 1.29 is 4.79 Å². The summed E-state index contributed by atoms with van der Waals surface area (Å²) in [6.07, 6.45) is 9.67. The third-order valence-corrected chi connectivity index (χ3v) is 3.47. The fourth-order valence-corrected chi connectivity index (χ4v) is 2.23. The number of benzene rings is 1. The van der Waals surface area contributed by atoms with Crippen molar-refractivity contribution in [2.24, 2.45) is 4.99 Å². The minimum Gasteiger partial charge on any atom is -0.273 e. The van der Waals surface area contributed by atoms with Crippen LogP contribution in [0, 0.1) is 0 Å². The number of unbranched alkanes of at least 4 members (excludes halogenated alkanes) is 4. The van der Waals surface area contributed by atoms with Gasteiger partial charge in [0.2, 0.25) is 5.91 Å². The van der Waals surface area contributed by atoms with Gasteiger partial charge in [-0.25, -0.2) is 9.67 Å². The fraction of sp³-hybridized carbons (Fsp3) is 0.389. The number of aromatic nitrogens is 2. The summed E-state index contributed by atoms with van der Waals surface area (Å²) in [5.41, 5.74) is 0.983. The first-order valence-electron chi connectivity index (χ1n) is 7.97. The molecule has 0 aliphatic carbocycles. The lowest BCUT2D eigenvalue weighted by Gasteiger charge is -2.03. The standard InChI is InChI=1S/C18H23N3O.ClH/c1-2-3-4-5-9-12-18(22)20-16-13-14-21(19-15-16)17-10-7-6-8-11-17;/h6-8,10-11,13-15H,2-5,9,12H2,1H3;1H/b20-16+;. The second-order valence-electron chi connectivity index (χ2n) is 5.34. The molecule has 0 N–H and O–H groups in total. The molecule has 0 aliphatic rings. The quantitative estimate of drug-likeness (QED) is 0.717. The van der Waals surface area contributed by atoms with Gasteiger partial charge in [-0.15, -0.1) is 12.4 Å². The van der Waals surface area contributed by atoms with Crippen molar-refractivity contribution in [1.82, 2.24) is 9.78 Å². The highest BCUT2D eigenvalue weighted by Gasteiger charge is 1.99. The fourth-order valence-electron chi connectivity index (χ4n) is 2.23. The minimum absolute atomic E-state index is 0. The Labute approximate surface area is 143 Å². The summed E-state index contributed by atoms with van der Waals surface area (Å²) in [6.45, 7) is 2.19. The lowest BCUT2D eigenvalue weighted by Crippen LogP contribution is -2.11. The van der Waals surface area contributed by atoms with Crippen LogP contribution in [0.1, 0.15) is 45.4 Å². The van der Waals surface area contributed by atoms with Crippen LogP contribution in [0.15, 0.2) is 53.8 Å². The second kappa shape index (κ2) is 10.7. The van der Waals surface area contributed by atoms with E-state index in [0.717, 1.165) is 18.5 Å². The molecule has 0 bridgehead atoms. The van der Waals surface area contributed by atoms with E-state index < -0.39 is 0 Å². The van der Waals surface area contributed by atoms with Gasteiger partial charge in [0.15, 0.2) is 0 Å². The summed E-state index contributed by atoms with van der Waals surface area (Å²) in [5.74, 6) is -0.0595. The third-order valence-electron chi connectivity index (χ3n) is 3.47. The first-order valence-corrected chi connectivity index (χ1v) is 7.97. The Hall–Kier alpha value is -1.94.